The predicted octanol–water partition coefficient (Wildman–Crippen LogP) is 11.7. The van der Waals surface area contributed by atoms with Crippen LogP contribution in [0.3, 0.4) is 0 Å². The minimum Gasteiger partial charge on any atom is -0.756 e. The number of nitrogens with zero attached hydrogens (tertiary/aromatic N) is 1. The summed E-state index contributed by atoms with van der Waals surface area (Å²) in [6.07, 6.45) is 51.3. The molecule has 9 nitrogen and oxygen atoms in total. The summed E-state index contributed by atoms with van der Waals surface area (Å²) in [4.78, 5) is 25.1. The fraction of sp³-hybridized carbons (Fsp3) is 0.646. The fourth-order valence-electron chi connectivity index (χ4n) is 5.32. The molecule has 1 N–H and O–H groups in total. The van der Waals surface area contributed by atoms with Gasteiger partial charge >= 0.3 is 5.97 Å². The molecular weight excluding hydrogens is 750 g/mol. The van der Waals surface area contributed by atoms with Crippen LogP contribution in [0, 0.1) is 0 Å². The summed E-state index contributed by atoms with van der Waals surface area (Å²) in [6.45, 7) is 4.29. The number of hydrogen-bond donors (Lipinski definition) is 1. The van der Waals surface area contributed by atoms with Gasteiger partial charge in [0.1, 0.15) is 19.8 Å². The number of likely N-dealkylation sites (N-methyl/N-ethyl adjacent to an activating group) is 1. The highest BCUT2D eigenvalue weighted by Crippen LogP contribution is 2.38. The van der Waals surface area contributed by atoms with E-state index in [-0.39, 0.29) is 26.1 Å². The number of allylic oxidation sites excluding steroid dienone is 14. The molecule has 0 amide bonds. The van der Waals surface area contributed by atoms with E-state index in [1.807, 2.05) is 39.4 Å². The lowest BCUT2D eigenvalue weighted by Gasteiger charge is -2.28. The number of carbonyl (C=O) groups is 1. The topological polar surface area (TPSA) is 114 Å². The van der Waals surface area contributed by atoms with E-state index in [2.05, 4.69) is 74.6 Å². The van der Waals surface area contributed by atoms with Crippen LogP contribution < -0.4 is 4.89 Å². The van der Waals surface area contributed by atoms with Gasteiger partial charge in [0.05, 0.1) is 40.1 Å². The largest absolute Gasteiger partial charge is 0.756 e. The summed E-state index contributed by atoms with van der Waals surface area (Å²) in [6, 6.07) is 0. The van der Waals surface area contributed by atoms with Crippen molar-refractivity contribution in [2.24, 2.45) is 0 Å². The van der Waals surface area contributed by atoms with Crippen LogP contribution in [0.4, 0.5) is 0 Å². The minimum atomic E-state index is -4.62. The van der Waals surface area contributed by atoms with E-state index in [4.69, 9.17) is 18.5 Å². The molecule has 0 fully saturated rings. The first-order valence-corrected chi connectivity index (χ1v) is 23.6. The Morgan fingerprint density at radius 1 is 0.672 bits per heavy atom. The van der Waals surface area contributed by atoms with E-state index in [0.29, 0.717) is 11.0 Å². The van der Waals surface area contributed by atoms with Gasteiger partial charge in [-0.1, -0.05) is 144 Å². The van der Waals surface area contributed by atoms with Crippen LogP contribution in [0.5, 0.6) is 0 Å². The Balaban J connectivity index is 4.57. The third-order valence-electron chi connectivity index (χ3n) is 8.80. The van der Waals surface area contributed by atoms with E-state index in [0.717, 1.165) is 51.4 Å². The maximum absolute atomic E-state index is 12.7. The van der Waals surface area contributed by atoms with Crippen LogP contribution in [0.1, 0.15) is 142 Å². The molecule has 0 aromatic heterocycles. The number of unbranched alkanes of at least 4 members (excludes halogenated alkanes) is 11. The monoisotopic (exact) mass is 832 g/mol. The molecular formula is C48H82NO8P. The van der Waals surface area contributed by atoms with Gasteiger partial charge in [-0.25, -0.2) is 0 Å². The Morgan fingerprint density at radius 3 is 1.78 bits per heavy atom. The SMILES string of the molecule is CC/C=C\C/C=C\C/C=C\C/C=C\C/C=C\C=C/C(O)CCC(=O)O[C@H](CO/C=C/CCCCCCCC/C=C\CCCCCC)COP(=O)([O-])OCC[N+](C)(C)C. The molecule has 3 atom stereocenters. The number of esters is 1. The third-order valence-corrected chi connectivity index (χ3v) is 9.77. The van der Waals surface area contributed by atoms with E-state index in [9.17, 15) is 19.4 Å². The summed E-state index contributed by atoms with van der Waals surface area (Å²) in [7, 11) is 1.16. The lowest BCUT2D eigenvalue weighted by molar-refractivity contribution is -0.870. The van der Waals surface area contributed by atoms with Crippen LogP contribution in [0.25, 0.3) is 0 Å². The van der Waals surface area contributed by atoms with Gasteiger partial charge in [0.15, 0.2) is 6.10 Å². The number of carbonyl (C=O) groups excluding carboxylic acids is 1. The van der Waals surface area contributed by atoms with Gasteiger partial charge in [-0.2, -0.15) is 0 Å². The van der Waals surface area contributed by atoms with Crippen molar-refractivity contribution in [2.75, 3.05) is 47.5 Å². The quantitative estimate of drug-likeness (QED) is 0.0124. The van der Waals surface area contributed by atoms with Crippen LogP contribution in [0.2, 0.25) is 0 Å². The molecule has 0 heterocycles. The second-order valence-corrected chi connectivity index (χ2v) is 17.0. The zero-order chi connectivity index (χ0) is 42.8. The summed E-state index contributed by atoms with van der Waals surface area (Å²) < 4.78 is 34.1. The number of hydrogen-bond acceptors (Lipinski definition) is 8. The Kier molecular flexibility index (Phi) is 37.8. The molecule has 0 aliphatic heterocycles. The van der Waals surface area contributed by atoms with Gasteiger partial charge in [0.25, 0.3) is 7.82 Å². The zero-order valence-corrected chi connectivity index (χ0v) is 38.0. The van der Waals surface area contributed by atoms with Crippen molar-refractivity contribution < 1.29 is 42.4 Å². The molecule has 0 aliphatic carbocycles. The summed E-state index contributed by atoms with van der Waals surface area (Å²) in [5, 5.41) is 10.4. The Labute approximate surface area is 354 Å². The number of phosphoric ester groups is 1. The second-order valence-electron chi connectivity index (χ2n) is 15.6. The van der Waals surface area contributed by atoms with E-state index in [1.165, 1.54) is 64.2 Å². The van der Waals surface area contributed by atoms with Crippen LogP contribution in [-0.2, 0) is 27.9 Å². The van der Waals surface area contributed by atoms with E-state index < -0.39 is 32.6 Å². The lowest BCUT2D eigenvalue weighted by atomic mass is 10.1. The molecule has 0 aromatic rings. The highest BCUT2D eigenvalue weighted by molar-refractivity contribution is 7.45. The first-order chi connectivity index (χ1) is 28.0. The maximum Gasteiger partial charge on any atom is 0.306 e. The van der Waals surface area contributed by atoms with Crippen molar-refractivity contribution in [3.05, 3.63) is 97.4 Å². The highest BCUT2D eigenvalue weighted by Gasteiger charge is 2.21. The minimum absolute atomic E-state index is 0.0321. The zero-order valence-electron chi connectivity index (χ0n) is 37.1. The van der Waals surface area contributed by atoms with Crippen molar-refractivity contribution in [2.45, 2.75) is 154 Å². The average molecular weight is 832 g/mol. The molecule has 10 heteroatoms. The Bertz CT molecular complexity index is 1260. The average Bonchev–Trinajstić information content (AvgIpc) is 3.17. The van der Waals surface area contributed by atoms with Crippen molar-refractivity contribution in [1.82, 2.24) is 0 Å². The molecule has 58 heavy (non-hydrogen) atoms. The molecule has 2 unspecified atom stereocenters. The lowest BCUT2D eigenvalue weighted by Crippen LogP contribution is -2.37. The molecule has 0 radical (unpaired) electrons. The van der Waals surface area contributed by atoms with Crippen molar-refractivity contribution in [3.63, 3.8) is 0 Å². The number of aliphatic hydroxyl groups excluding tert-OH is 1. The number of phosphoric acid groups is 1. The molecule has 0 saturated carbocycles. The number of ether oxygens (including phenoxy) is 2. The Hall–Kier alpha value is -2.78. The van der Waals surface area contributed by atoms with Crippen molar-refractivity contribution in [1.29, 1.82) is 0 Å². The number of rotatable bonds is 39. The van der Waals surface area contributed by atoms with Gasteiger partial charge in [0.2, 0.25) is 0 Å². The third kappa shape index (κ3) is 42.8. The first-order valence-electron chi connectivity index (χ1n) is 22.1. The summed E-state index contributed by atoms with van der Waals surface area (Å²) in [5.41, 5.74) is 0. The van der Waals surface area contributed by atoms with Gasteiger partial charge in [-0.15, -0.1) is 0 Å². The van der Waals surface area contributed by atoms with Gasteiger partial charge in [-0.05, 0) is 83.1 Å². The number of quaternary nitrogens is 1. The molecule has 0 rings (SSSR count). The predicted molar refractivity (Wildman–Crippen MR) is 241 cm³/mol. The summed E-state index contributed by atoms with van der Waals surface area (Å²) >= 11 is 0. The van der Waals surface area contributed by atoms with E-state index in [1.54, 1.807) is 18.4 Å². The van der Waals surface area contributed by atoms with Crippen LogP contribution >= 0.6 is 7.82 Å². The fourth-order valence-corrected chi connectivity index (χ4v) is 6.05. The van der Waals surface area contributed by atoms with Crippen LogP contribution in [-0.4, -0.2) is 75.3 Å². The second kappa shape index (κ2) is 39.7. The van der Waals surface area contributed by atoms with E-state index >= 15 is 0 Å². The number of aliphatic hydroxyl groups is 1. The Morgan fingerprint density at radius 2 is 1.21 bits per heavy atom. The molecule has 0 bridgehead atoms. The molecule has 332 valence electrons. The van der Waals surface area contributed by atoms with Gasteiger partial charge < -0.3 is 33.0 Å². The van der Waals surface area contributed by atoms with Crippen LogP contribution in [0.15, 0.2) is 97.4 Å². The molecule has 0 aliphatic rings. The molecule has 0 spiro atoms. The van der Waals surface area contributed by atoms with Gasteiger partial charge in [0, 0.05) is 6.42 Å². The van der Waals surface area contributed by atoms with Crippen molar-refractivity contribution >= 4 is 13.8 Å². The first kappa shape index (κ1) is 55.2. The molecule has 0 saturated heterocycles. The smallest absolute Gasteiger partial charge is 0.306 e. The maximum atomic E-state index is 12.7. The standard InChI is InChI=1S/C48H82NO8P/c1-6-8-10-12-14-16-18-20-22-24-26-28-30-32-34-36-38-46(50)39-40-48(51)57-47(45-56-58(52,53)55-43-41-49(3,4)5)44-54-42-37-35-33-31-29-27-25-23-21-19-17-15-13-11-9-7-2/h8,10,14,16-17,19-20,22,26,28,32,34,36-38,42,46-47,50H,6-7,9,11-13,15,18,21,23-25,27,29-31,33,35,39-41,43-45H2,1-5H3/b10-8-,16-14-,19-17-,22-20-,28-26-,34-32-,38-36-,42-37+/t46?,47-/m1/s1. The van der Waals surface area contributed by atoms with Gasteiger partial charge in [-0.3, -0.25) is 9.36 Å². The van der Waals surface area contributed by atoms with Crippen molar-refractivity contribution in [3.8, 4) is 0 Å². The normalized spacial score (nSPS) is 15.2. The highest BCUT2D eigenvalue weighted by atomic mass is 31.2. The summed E-state index contributed by atoms with van der Waals surface area (Å²) in [5.74, 6) is -0.589. The molecule has 0 aromatic carbocycles.